The zero-order chi connectivity index (χ0) is 20.5. The summed E-state index contributed by atoms with van der Waals surface area (Å²) < 4.78 is 11.8. The molecule has 3 aromatic heterocycles. The Morgan fingerprint density at radius 1 is 1.28 bits per heavy atom. The molecule has 0 unspecified atom stereocenters. The number of hydrogen-bond donors (Lipinski definition) is 1. The molecule has 0 fully saturated rings. The Balaban J connectivity index is 1.96. The molecule has 0 aliphatic heterocycles. The lowest BCUT2D eigenvalue weighted by Gasteiger charge is -2.06. The van der Waals surface area contributed by atoms with Gasteiger partial charge in [0.05, 0.1) is 17.7 Å². The average molecular weight is 491 g/mol. The third kappa shape index (κ3) is 3.63. The molecule has 10 heteroatoms. The second-order valence-corrected chi connectivity index (χ2v) is 8.53. The number of fused-ring (bicyclic) bond motifs is 1. The number of nitrogens with two attached hydrogens (primary N) is 1. The van der Waals surface area contributed by atoms with Crippen molar-refractivity contribution in [2.45, 2.75) is 12.1 Å². The summed E-state index contributed by atoms with van der Waals surface area (Å²) >= 11 is 6.02. The maximum absolute atomic E-state index is 12.3. The van der Waals surface area contributed by atoms with Crippen LogP contribution < -0.4 is 5.73 Å². The molecule has 0 atom stereocenters. The number of halogens is 1. The van der Waals surface area contributed by atoms with E-state index in [0.29, 0.717) is 37.4 Å². The van der Waals surface area contributed by atoms with E-state index in [-0.39, 0.29) is 12.3 Å². The molecule has 148 valence electrons. The molecule has 4 aromatic rings. The van der Waals surface area contributed by atoms with Crippen molar-refractivity contribution < 1.29 is 13.9 Å². The lowest BCUT2D eigenvalue weighted by atomic mass is 10.1. The SMILES string of the molecule is CCOC(=O)c1sc2nc(SC)nc(-c3ncoc3-c3ccc(Br)cc3)c2c1N. The molecule has 0 saturated carbocycles. The normalized spacial score (nSPS) is 11.1. The Labute approximate surface area is 182 Å². The Morgan fingerprint density at radius 2 is 2.03 bits per heavy atom. The molecule has 0 spiro atoms. The Kier molecular flexibility index (Phi) is 5.57. The third-order valence-corrected chi connectivity index (χ3v) is 6.27. The molecule has 0 aliphatic rings. The first-order valence-corrected chi connectivity index (χ1v) is 11.4. The fourth-order valence-electron chi connectivity index (χ4n) is 2.83. The summed E-state index contributed by atoms with van der Waals surface area (Å²) in [7, 11) is 0. The van der Waals surface area contributed by atoms with Crippen molar-refractivity contribution in [2.24, 2.45) is 0 Å². The van der Waals surface area contributed by atoms with Gasteiger partial charge in [-0.1, -0.05) is 39.8 Å². The minimum Gasteiger partial charge on any atom is -0.462 e. The van der Waals surface area contributed by atoms with Crippen molar-refractivity contribution in [3.05, 3.63) is 40.0 Å². The zero-order valence-corrected chi connectivity index (χ0v) is 18.7. The molecule has 0 aliphatic carbocycles. The maximum Gasteiger partial charge on any atom is 0.350 e. The van der Waals surface area contributed by atoms with E-state index in [2.05, 4.69) is 30.9 Å². The average Bonchev–Trinajstić information content (AvgIpc) is 3.33. The first-order valence-electron chi connectivity index (χ1n) is 8.54. The summed E-state index contributed by atoms with van der Waals surface area (Å²) in [5.41, 5.74) is 8.53. The van der Waals surface area contributed by atoms with Gasteiger partial charge in [0.25, 0.3) is 0 Å². The second kappa shape index (κ2) is 8.13. The number of esters is 1. The van der Waals surface area contributed by atoms with Crippen LogP contribution in [-0.2, 0) is 4.74 Å². The molecule has 7 nitrogen and oxygen atoms in total. The number of carbonyl (C=O) groups excluding carboxylic acids is 1. The summed E-state index contributed by atoms with van der Waals surface area (Å²) in [6.45, 7) is 2.01. The van der Waals surface area contributed by atoms with Crippen molar-refractivity contribution in [2.75, 3.05) is 18.6 Å². The molecule has 4 rings (SSSR count). The Morgan fingerprint density at radius 3 is 2.72 bits per heavy atom. The second-order valence-electron chi connectivity index (χ2n) is 5.84. The largest absolute Gasteiger partial charge is 0.462 e. The van der Waals surface area contributed by atoms with Gasteiger partial charge in [0.2, 0.25) is 0 Å². The van der Waals surface area contributed by atoms with Crippen LogP contribution in [0.1, 0.15) is 16.6 Å². The van der Waals surface area contributed by atoms with E-state index in [1.165, 1.54) is 29.5 Å². The number of benzene rings is 1. The van der Waals surface area contributed by atoms with Crippen LogP contribution in [0.5, 0.6) is 0 Å². The lowest BCUT2D eigenvalue weighted by molar-refractivity contribution is 0.0533. The molecular formula is C19H15BrN4O3S2. The van der Waals surface area contributed by atoms with Crippen LogP contribution in [0, 0.1) is 0 Å². The minimum atomic E-state index is -0.474. The highest BCUT2D eigenvalue weighted by molar-refractivity contribution is 9.10. The minimum absolute atomic E-state index is 0.262. The van der Waals surface area contributed by atoms with Crippen LogP contribution in [0.2, 0.25) is 0 Å². The lowest BCUT2D eigenvalue weighted by Crippen LogP contribution is -2.05. The summed E-state index contributed by atoms with van der Waals surface area (Å²) in [5, 5.41) is 1.12. The first kappa shape index (κ1) is 19.9. The van der Waals surface area contributed by atoms with Gasteiger partial charge in [-0.3, -0.25) is 0 Å². The van der Waals surface area contributed by atoms with Gasteiger partial charge in [0, 0.05) is 10.0 Å². The van der Waals surface area contributed by atoms with Crippen LogP contribution in [-0.4, -0.2) is 33.8 Å². The zero-order valence-electron chi connectivity index (χ0n) is 15.4. The Bertz CT molecular complexity index is 1200. The van der Waals surface area contributed by atoms with Gasteiger partial charge in [0.15, 0.2) is 17.3 Å². The van der Waals surface area contributed by atoms with Gasteiger partial charge in [-0.25, -0.2) is 19.7 Å². The summed E-state index contributed by atoms with van der Waals surface area (Å²) in [5.74, 6) is 0.0887. The molecule has 0 saturated heterocycles. The van der Waals surface area contributed by atoms with Gasteiger partial charge in [-0.05, 0) is 25.3 Å². The van der Waals surface area contributed by atoms with Gasteiger partial charge in [-0.2, -0.15) is 0 Å². The predicted octanol–water partition coefficient (Wildman–Crippen LogP) is 5.26. The predicted molar refractivity (Wildman–Crippen MR) is 118 cm³/mol. The van der Waals surface area contributed by atoms with Crippen molar-refractivity contribution >= 4 is 60.9 Å². The number of aromatic nitrogens is 3. The number of oxazole rings is 1. The van der Waals surface area contributed by atoms with Crippen molar-refractivity contribution in [3.8, 4) is 22.7 Å². The number of nitrogens with zero attached hydrogens (tertiary/aromatic N) is 3. The van der Waals surface area contributed by atoms with E-state index in [1.54, 1.807) is 6.92 Å². The van der Waals surface area contributed by atoms with E-state index in [0.717, 1.165) is 10.0 Å². The van der Waals surface area contributed by atoms with E-state index in [1.807, 2.05) is 30.5 Å². The van der Waals surface area contributed by atoms with Crippen LogP contribution >= 0.6 is 39.0 Å². The number of hydrogen-bond acceptors (Lipinski definition) is 9. The van der Waals surface area contributed by atoms with Gasteiger partial charge >= 0.3 is 5.97 Å². The smallest absolute Gasteiger partial charge is 0.350 e. The van der Waals surface area contributed by atoms with Crippen molar-refractivity contribution in [3.63, 3.8) is 0 Å². The molecule has 29 heavy (non-hydrogen) atoms. The maximum atomic E-state index is 12.3. The molecule has 3 heterocycles. The number of ether oxygens (including phenoxy) is 1. The number of nitrogen functional groups attached to an aromatic ring is 1. The number of thiophene rings is 1. The highest BCUT2D eigenvalue weighted by Gasteiger charge is 2.26. The van der Waals surface area contributed by atoms with Crippen LogP contribution in [0.15, 0.2) is 44.7 Å². The van der Waals surface area contributed by atoms with E-state index < -0.39 is 5.97 Å². The van der Waals surface area contributed by atoms with Gasteiger partial charge < -0.3 is 14.9 Å². The van der Waals surface area contributed by atoms with Crippen LogP contribution in [0.25, 0.3) is 32.9 Å². The summed E-state index contributed by atoms with van der Waals surface area (Å²) in [4.78, 5) is 26.8. The third-order valence-electron chi connectivity index (χ3n) is 4.11. The van der Waals surface area contributed by atoms with Crippen molar-refractivity contribution in [1.29, 1.82) is 0 Å². The van der Waals surface area contributed by atoms with Crippen LogP contribution in [0.4, 0.5) is 5.69 Å². The number of anilines is 1. The number of thioether (sulfide) groups is 1. The topological polar surface area (TPSA) is 104 Å². The first-order chi connectivity index (χ1) is 14.0. The fourth-order valence-corrected chi connectivity index (χ4v) is 4.51. The van der Waals surface area contributed by atoms with E-state index >= 15 is 0 Å². The Hall–Kier alpha value is -2.43. The summed E-state index contributed by atoms with van der Waals surface area (Å²) in [6.07, 6.45) is 3.25. The molecule has 1 aromatic carbocycles. The fraction of sp³-hybridized carbons (Fsp3) is 0.158. The van der Waals surface area contributed by atoms with E-state index in [9.17, 15) is 4.79 Å². The summed E-state index contributed by atoms with van der Waals surface area (Å²) in [6, 6.07) is 7.68. The van der Waals surface area contributed by atoms with Gasteiger partial charge in [0.1, 0.15) is 21.1 Å². The van der Waals surface area contributed by atoms with Gasteiger partial charge in [-0.15, -0.1) is 11.3 Å². The molecular weight excluding hydrogens is 476 g/mol. The molecule has 0 radical (unpaired) electrons. The molecule has 0 amide bonds. The number of carbonyl (C=O) groups is 1. The highest BCUT2D eigenvalue weighted by atomic mass is 79.9. The van der Waals surface area contributed by atoms with E-state index in [4.69, 9.17) is 14.9 Å². The standard InChI is InChI=1S/C19H15BrN4O3S2/c1-3-26-18(25)16-12(21)11-13(23-19(28-2)24-17(11)29-16)14-15(27-8-22-14)9-4-6-10(20)7-5-9/h4-8H,3,21H2,1-2H3. The molecule has 0 bridgehead atoms. The quantitative estimate of drug-likeness (QED) is 0.229. The number of rotatable bonds is 5. The highest BCUT2D eigenvalue weighted by Crippen LogP contribution is 2.41. The van der Waals surface area contributed by atoms with Crippen molar-refractivity contribution in [1.82, 2.24) is 15.0 Å². The van der Waals surface area contributed by atoms with Crippen LogP contribution in [0.3, 0.4) is 0 Å². The molecule has 2 N–H and O–H groups in total. The monoisotopic (exact) mass is 490 g/mol.